The normalized spacial score (nSPS) is 12.4. The van der Waals surface area contributed by atoms with Crippen molar-refractivity contribution >= 4 is 11.8 Å². The van der Waals surface area contributed by atoms with E-state index in [1.54, 1.807) is 23.1 Å². The van der Waals surface area contributed by atoms with Crippen molar-refractivity contribution in [2.45, 2.75) is 52.7 Å². The summed E-state index contributed by atoms with van der Waals surface area (Å²) in [6, 6.07) is 20.5. The molecule has 0 fully saturated rings. The number of phenolic OH excluding ortho intramolecular Hbond substituents is 2. The first-order valence-corrected chi connectivity index (χ1v) is 13.2. The third kappa shape index (κ3) is 7.75. The molecule has 0 aromatic heterocycles. The summed E-state index contributed by atoms with van der Waals surface area (Å²) in [6.45, 7) is 7.17. The first-order chi connectivity index (χ1) is 18.3. The summed E-state index contributed by atoms with van der Waals surface area (Å²) < 4.78 is 5.85. The molecule has 0 bridgehead atoms. The Bertz CT molecular complexity index is 1200. The number of ether oxygens (including phenoxy) is 1. The predicted octanol–water partition coefficient (Wildman–Crippen LogP) is 5.30. The van der Waals surface area contributed by atoms with Crippen molar-refractivity contribution in [2.24, 2.45) is 5.92 Å². The van der Waals surface area contributed by atoms with Gasteiger partial charge in [0.2, 0.25) is 5.91 Å². The van der Waals surface area contributed by atoms with Crippen LogP contribution >= 0.6 is 0 Å². The Hall–Kier alpha value is -4.00. The molecule has 0 radical (unpaired) electrons. The summed E-state index contributed by atoms with van der Waals surface area (Å²) in [4.78, 5) is 28.3. The number of phenols is 2. The number of aromatic hydroxyl groups is 2. The van der Waals surface area contributed by atoms with E-state index in [1.165, 1.54) is 12.1 Å². The monoisotopic (exact) mass is 518 g/mol. The van der Waals surface area contributed by atoms with Gasteiger partial charge >= 0.3 is 0 Å². The first kappa shape index (κ1) is 28.6. The van der Waals surface area contributed by atoms with Crippen molar-refractivity contribution in [2.75, 3.05) is 13.1 Å². The van der Waals surface area contributed by atoms with E-state index in [0.717, 1.165) is 12.0 Å². The van der Waals surface area contributed by atoms with Gasteiger partial charge in [-0.1, -0.05) is 75.7 Å². The first-order valence-electron chi connectivity index (χ1n) is 13.2. The smallest absolute Gasteiger partial charge is 0.252 e. The van der Waals surface area contributed by atoms with Crippen LogP contribution in [0.1, 0.15) is 55.1 Å². The third-order valence-corrected chi connectivity index (χ3v) is 6.65. The second-order valence-corrected chi connectivity index (χ2v) is 9.50. The molecule has 0 spiro atoms. The van der Waals surface area contributed by atoms with Crippen molar-refractivity contribution in [3.8, 4) is 17.2 Å². The number of nitrogens with zero attached hydrogens (tertiary/aromatic N) is 1. The van der Waals surface area contributed by atoms with Crippen LogP contribution in [-0.4, -0.2) is 46.1 Å². The Morgan fingerprint density at radius 2 is 1.68 bits per heavy atom. The van der Waals surface area contributed by atoms with Gasteiger partial charge in [-0.05, 0) is 54.2 Å². The molecule has 0 saturated heterocycles. The van der Waals surface area contributed by atoms with E-state index in [9.17, 15) is 19.8 Å². The van der Waals surface area contributed by atoms with Gasteiger partial charge in [0.1, 0.15) is 18.4 Å². The van der Waals surface area contributed by atoms with E-state index >= 15 is 0 Å². The molecule has 0 saturated carbocycles. The molecule has 202 valence electrons. The van der Waals surface area contributed by atoms with Gasteiger partial charge in [0.25, 0.3) is 5.91 Å². The highest BCUT2D eigenvalue weighted by atomic mass is 16.5. The van der Waals surface area contributed by atoms with E-state index < -0.39 is 11.9 Å². The molecule has 3 aromatic rings. The Morgan fingerprint density at radius 3 is 2.37 bits per heavy atom. The zero-order valence-electron chi connectivity index (χ0n) is 22.4. The Morgan fingerprint density at radius 1 is 0.947 bits per heavy atom. The maximum absolute atomic E-state index is 13.7. The highest BCUT2D eigenvalue weighted by Gasteiger charge is 2.30. The number of hydrogen-bond donors (Lipinski definition) is 3. The number of para-hydroxylation sites is 1. The van der Waals surface area contributed by atoms with Crippen molar-refractivity contribution in [1.29, 1.82) is 0 Å². The second-order valence-electron chi connectivity index (χ2n) is 9.50. The molecule has 0 aliphatic heterocycles. The van der Waals surface area contributed by atoms with Crippen LogP contribution in [0.2, 0.25) is 0 Å². The zero-order valence-corrected chi connectivity index (χ0v) is 22.4. The van der Waals surface area contributed by atoms with Gasteiger partial charge in [0.05, 0.1) is 0 Å². The van der Waals surface area contributed by atoms with Crippen LogP contribution in [0.4, 0.5) is 0 Å². The quantitative estimate of drug-likeness (QED) is 0.285. The average molecular weight is 519 g/mol. The summed E-state index contributed by atoms with van der Waals surface area (Å²) in [7, 11) is 0. The Kier molecular flexibility index (Phi) is 10.6. The van der Waals surface area contributed by atoms with Gasteiger partial charge in [0, 0.05) is 18.7 Å². The van der Waals surface area contributed by atoms with E-state index in [0.29, 0.717) is 49.4 Å². The Labute approximate surface area is 225 Å². The third-order valence-electron chi connectivity index (χ3n) is 6.65. The van der Waals surface area contributed by atoms with Crippen LogP contribution in [0.15, 0.2) is 72.8 Å². The molecule has 0 aliphatic rings. The molecule has 1 unspecified atom stereocenters. The minimum Gasteiger partial charge on any atom is -0.508 e. The van der Waals surface area contributed by atoms with Gasteiger partial charge in [-0.15, -0.1) is 0 Å². The van der Waals surface area contributed by atoms with Crippen LogP contribution < -0.4 is 10.1 Å². The number of amides is 2. The summed E-state index contributed by atoms with van der Waals surface area (Å²) in [6.07, 6.45) is 1.90. The average Bonchev–Trinajstić information content (AvgIpc) is 2.93. The largest absolute Gasteiger partial charge is 0.508 e. The molecule has 2 amide bonds. The van der Waals surface area contributed by atoms with Crippen LogP contribution in [0.25, 0.3) is 0 Å². The number of carbonyl (C=O) groups excluding carboxylic acids is 2. The molecule has 38 heavy (non-hydrogen) atoms. The van der Waals surface area contributed by atoms with Gasteiger partial charge in [-0.2, -0.15) is 0 Å². The molecule has 0 aliphatic carbocycles. The van der Waals surface area contributed by atoms with Crippen LogP contribution in [0.3, 0.4) is 0 Å². The lowest BCUT2D eigenvalue weighted by Crippen LogP contribution is -2.52. The standard InChI is InChI=1S/C31H38N2O5/c1-4-18-33(31(37)28(22(3)5-2)32-30(36)25-14-9-15-26(34)20-25)19-17-24-13-10-16-27(29(24)35)38-21-23-11-7-6-8-12-23/h6-16,20,22,28,34-35H,4-5,17-19,21H2,1-3H3,(H,32,36)/t22?,28-/m0/s1. The van der Waals surface area contributed by atoms with Gasteiger partial charge in [-0.3, -0.25) is 9.59 Å². The summed E-state index contributed by atoms with van der Waals surface area (Å²) in [5.41, 5.74) is 1.99. The summed E-state index contributed by atoms with van der Waals surface area (Å²) >= 11 is 0. The fourth-order valence-corrected chi connectivity index (χ4v) is 4.23. The minimum atomic E-state index is -0.712. The number of rotatable bonds is 13. The topological polar surface area (TPSA) is 99.1 Å². The molecule has 2 atom stereocenters. The maximum atomic E-state index is 13.7. The number of benzene rings is 3. The molecule has 0 heterocycles. The van der Waals surface area contributed by atoms with Gasteiger partial charge in [-0.25, -0.2) is 0 Å². The van der Waals surface area contributed by atoms with Crippen molar-refractivity contribution in [3.05, 3.63) is 89.5 Å². The lowest BCUT2D eigenvalue weighted by molar-refractivity contribution is -0.134. The number of carbonyl (C=O) groups is 2. The molecular weight excluding hydrogens is 480 g/mol. The SMILES string of the molecule is CCCN(CCc1cccc(OCc2ccccc2)c1O)C(=O)[C@@H](NC(=O)c1cccc(O)c1)C(C)CC. The van der Waals surface area contributed by atoms with Gasteiger partial charge < -0.3 is 25.2 Å². The fraction of sp³-hybridized carbons (Fsp3) is 0.355. The maximum Gasteiger partial charge on any atom is 0.252 e. The predicted molar refractivity (Wildman–Crippen MR) is 148 cm³/mol. The van der Waals surface area contributed by atoms with Crippen LogP contribution in [0, 0.1) is 5.92 Å². The molecular formula is C31H38N2O5. The van der Waals surface area contributed by atoms with E-state index in [1.807, 2.05) is 63.2 Å². The lowest BCUT2D eigenvalue weighted by Gasteiger charge is -2.31. The number of hydrogen-bond acceptors (Lipinski definition) is 5. The van der Waals surface area contributed by atoms with E-state index in [-0.39, 0.29) is 23.3 Å². The van der Waals surface area contributed by atoms with E-state index in [2.05, 4.69) is 5.32 Å². The van der Waals surface area contributed by atoms with E-state index in [4.69, 9.17) is 4.74 Å². The molecule has 3 rings (SSSR count). The highest BCUT2D eigenvalue weighted by Crippen LogP contribution is 2.31. The summed E-state index contributed by atoms with van der Waals surface area (Å²) in [5.74, 6) is -0.196. The second kappa shape index (κ2) is 14.1. The molecule has 7 nitrogen and oxygen atoms in total. The highest BCUT2D eigenvalue weighted by molar-refractivity contribution is 5.98. The van der Waals surface area contributed by atoms with Crippen molar-refractivity contribution in [3.63, 3.8) is 0 Å². The number of nitrogens with one attached hydrogen (secondary N) is 1. The van der Waals surface area contributed by atoms with Gasteiger partial charge in [0.15, 0.2) is 11.5 Å². The lowest BCUT2D eigenvalue weighted by atomic mass is 9.96. The fourth-order valence-electron chi connectivity index (χ4n) is 4.23. The van der Waals surface area contributed by atoms with Crippen molar-refractivity contribution in [1.82, 2.24) is 10.2 Å². The molecule has 3 aromatic carbocycles. The van der Waals surface area contributed by atoms with Crippen LogP contribution in [-0.2, 0) is 17.8 Å². The zero-order chi connectivity index (χ0) is 27.5. The minimum absolute atomic E-state index is 0.00791. The Balaban J connectivity index is 1.71. The molecule has 3 N–H and O–H groups in total. The van der Waals surface area contributed by atoms with Crippen molar-refractivity contribution < 1.29 is 24.5 Å². The molecule has 7 heteroatoms. The summed E-state index contributed by atoms with van der Waals surface area (Å²) in [5, 5.41) is 23.5. The van der Waals surface area contributed by atoms with Crippen LogP contribution in [0.5, 0.6) is 17.2 Å².